The van der Waals surface area contributed by atoms with E-state index in [0.717, 1.165) is 5.92 Å². The second-order valence-corrected chi connectivity index (χ2v) is 4.10. The quantitative estimate of drug-likeness (QED) is 0.562. The maximum Gasteiger partial charge on any atom is 0.0692 e. The van der Waals surface area contributed by atoms with Gasteiger partial charge in [-0.1, -0.05) is 19.3 Å². The summed E-state index contributed by atoms with van der Waals surface area (Å²) in [7, 11) is 0. The van der Waals surface area contributed by atoms with Crippen LogP contribution in [-0.2, 0) is 0 Å². The third kappa shape index (κ3) is 1.15. The Labute approximate surface area is 68.4 Å². The number of rotatable bonds is 1. The molecule has 0 saturated heterocycles. The predicted molar refractivity (Wildman–Crippen MR) is 43.9 cm³/mol. The van der Waals surface area contributed by atoms with Gasteiger partial charge in [-0.3, -0.25) is 0 Å². The molecular formula is C10H15N. The van der Waals surface area contributed by atoms with Gasteiger partial charge in [-0.05, 0) is 31.6 Å². The Bertz CT molecular complexity index is 180. The van der Waals surface area contributed by atoms with Crippen molar-refractivity contribution in [2.45, 2.75) is 44.9 Å². The van der Waals surface area contributed by atoms with Gasteiger partial charge in [-0.15, -0.1) is 0 Å². The van der Waals surface area contributed by atoms with E-state index in [1.165, 1.54) is 44.9 Å². The Morgan fingerprint density at radius 1 is 1.09 bits per heavy atom. The summed E-state index contributed by atoms with van der Waals surface area (Å²) < 4.78 is 0. The number of nitrogens with zero attached hydrogens (tertiary/aromatic N) is 1. The van der Waals surface area contributed by atoms with E-state index >= 15 is 0 Å². The van der Waals surface area contributed by atoms with Crippen LogP contribution in [0.2, 0.25) is 0 Å². The van der Waals surface area contributed by atoms with Crippen LogP contribution in [0, 0.1) is 22.7 Å². The first-order valence-corrected chi connectivity index (χ1v) is 4.79. The molecule has 0 aliphatic heterocycles. The third-order valence-corrected chi connectivity index (χ3v) is 3.40. The Kier molecular flexibility index (Phi) is 1.64. The summed E-state index contributed by atoms with van der Waals surface area (Å²) in [6.07, 6.45) is 9.17. The van der Waals surface area contributed by atoms with Crippen LogP contribution in [0.15, 0.2) is 0 Å². The fraction of sp³-hybridized carbons (Fsp3) is 0.900. The molecule has 60 valence electrons. The highest BCUT2D eigenvalue weighted by molar-refractivity contribution is 5.13. The van der Waals surface area contributed by atoms with Crippen LogP contribution < -0.4 is 0 Å². The van der Waals surface area contributed by atoms with Crippen LogP contribution in [0.25, 0.3) is 0 Å². The highest BCUT2D eigenvalue weighted by Gasteiger charge is 2.49. The molecule has 1 nitrogen and oxygen atoms in total. The van der Waals surface area contributed by atoms with Crippen molar-refractivity contribution in [3.8, 4) is 6.07 Å². The summed E-state index contributed by atoms with van der Waals surface area (Å²) in [5, 5.41) is 8.96. The van der Waals surface area contributed by atoms with Crippen molar-refractivity contribution in [3.05, 3.63) is 0 Å². The molecule has 2 rings (SSSR count). The van der Waals surface area contributed by atoms with Crippen molar-refractivity contribution in [1.82, 2.24) is 0 Å². The Balaban J connectivity index is 1.99. The Morgan fingerprint density at radius 3 is 2.18 bits per heavy atom. The molecule has 0 spiro atoms. The molecule has 0 aromatic rings. The van der Waals surface area contributed by atoms with E-state index in [4.69, 9.17) is 5.26 Å². The Hall–Kier alpha value is -0.510. The van der Waals surface area contributed by atoms with Gasteiger partial charge in [0.05, 0.1) is 11.5 Å². The van der Waals surface area contributed by atoms with Gasteiger partial charge in [0.1, 0.15) is 0 Å². The highest BCUT2D eigenvalue weighted by atomic mass is 14.5. The summed E-state index contributed by atoms with van der Waals surface area (Å²) in [6.45, 7) is 0. The van der Waals surface area contributed by atoms with Crippen molar-refractivity contribution in [2.75, 3.05) is 0 Å². The van der Waals surface area contributed by atoms with Crippen LogP contribution >= 0.6 is 0 Å². The van der Waals surface area contributed by atoms with Gasteiger partial charge in [0.2, 0.25) is 0 Å². The zero-order valence-electron chi connectivity index (χ0n) is 6.97. The minimum Gasteiger partial charge on any atom is -0.198 e. The lowest BCUT2D eigenvalue weighted by Crippen LogP contribution is -2.17. The summed E-state index contributed by atoms with van der Waals surface area (Å²) in [5.41, 5.74) is 0.167. The van der Waals surface area contributed by atoms with Crippen molar-refractivity contribution >= 4 is 0 Å². The smallest absolute Gasteiger partial charge is 0.0692 e. The van der Waals surface area contributed by atoms with Crippen LogP contribution in [0.4, 0.5) is 0 Å². The fourth-order valence-electron chi connectivity index (χ4n) is 2.40. The van der Waals surface area contributed by atoms with E-state index in [0.29, 0.717) is 0 Å². The van der Waals surface area contributed by atoms with Crippen molar-refractivity contribution < 1.29 is 0 Å². The lowest BCUT2D eigenvalue weighted by atomic mass is 9.78. The van der Waals surface area contributed by atoms with E-state index in [2.05, 4.69) is 6.07 Å². The van der Waals surface area contributed by atoms with Gasteiger partial charge >= 0.3 is 0 Å². The first-order valence-electron chi connectivity index (χ1n) is 4.79. The van der Waals surface area contributed by atoms with Crippen LogP contribution in [0.1, 0.15) is 44.9 Å². The molecular weight excluding hydrogens is 134 g/mol. The molecule has 0 amide bonds. The molecule has 0 aromatic carbocycles. The third-order valence-electron chi connectivity index (χ3n) is 3.40. The average Bonchev–Trinajstić information content (AvgIpc) is 2.86. The monoisotopic (exact) mass is 149 g/mol. The van der Waals surface area contributed by atoms with E-state index in [-0.39, 0.29) is 5.41 Å². The van der Waals surface area contributed by atoms with Crippen LogP contribution in [0.5, 0.6) is 0 Å². The summed E-state index contributed by atoms with van der Waals surface area (Å²) in [4.78, 5) is 0. The number of hydrogen-bond acceptors (Lipinski definition) is 1. The van der Waals surface area contributed by atoms with Gasteiger partial charge in [0.25, 0.3) is 0 Å². The van der Waals surface area contributed by atoms with E-state index in [9.17, 15) is 0 Å². The molecule has 0 atom stereocenters. The SMILES string of the molecule is N#CC1(C2CCCCC2)CC1. The maximum absolute atomic E-state index is 8.96. The van der Waals surface area contributed by atoms with E-state index in [1.807, 2.05) is 0 Å². The van der Waals surface area contributed by atoms with Gasteiger partial charge in [0, 0.05) is 0 Å². The maximum atomic E-state index is 8.96. The van der Waals surface area contributed by atoms with Crippen molar-refractivity contribution in [2.24, 2.45) is 11.3 Å². The lowest BCUT2D eigenvalue weighted by molar-refractivity contribution is 0.276. The molecule has 11 heavy (non-hydrogen) atoms. The molecule has 0 unspecified atom stereocenters. The van der Waals surface area contributed by atoms with Crippen molar-refractivity contribution in [1.29, 1.82) is 5.26 Å². The van der Waals surface area contributed by atoms with Gasteiger partial charge in [-0.2, -0.15) is 5.26 Å². The molecule has 2 aliphatic carbocycles. The first kappa shape index (κ1) is 7.16. The van der Waals surface area contributed by atoms with E-state index in [1.54, 1.807) is 0 Å². The van der Waals surface area contributed by atoms with Gasteiger partial charge in [0.15, 0.2) is 0 Å². The molecule has 0 heterocycles. The fourth-order valence-corrected chi connectivity index (χ4v) is 2.40. The minimum atomic E-state index is 0.167. The molecule has 0 bridgehead atoms. The number of hydrogen-bond donors (Lipinski definition) is 0. The highest BCUT2D eigenvalue weighted by Crippen LogP contribution is 2.55. The van der Waals surface area contributed by atoms with Crippen LogP contribution in [0.3, 0.4) is 0 Å². The zero-order valence-corrected chi connectivity index (χ0v) is 6.97. The van der Waals surface area contributed by atoms with E-state index < -0.39 is 0 Å². The molecule has 2 aliphatic rings. The number of nitriles is 1. The summed E-state index contributed by atoms with van der Waals surface area (Å²) >= 11 is 0. The summed E-state index contributed by atoms with van der Waals surface area (Å²) in [5.74, 6) is 0.765. The largest absolute Gasteiger partial charge is 0.198 e. The normalized spacial score (nSPS) is 29.4. The van der Waals surface area contributed by atoms with Crippen molar-refractivity contribution in [3.63, 3.8) is 0 Å². The molecule has 2 saturated carbocycles. The van der Waals surface area contributed by atoms with Crippen LogP contribution in [-0.4, -0.2) is 0 Å². The zero-order chi connectivity index (χ0) is 7.73. The lowest BCUT2D eigenvalue weighted by Gasteiger charge is -2.25. The molecule has 0 aromatic heterocycles. The molecule has 2 fully saturated rings. The van der Waals surface area contributed by atoms with Gasteiger partial charge < -0.3 is 0 Å². The topological polar surface area (TPSA) is 23.8 Å². The molecule has 0 radical (unpaired) electrons. The Morgan fingerprint density at radius 2 is 1.73 bits per heavy atom. The second kappa shape index (κ2) is 2.52. The van der Waals surface area contributed by atoms with Gasteiger partial charge in [-0.25, -0.2) is 0 Å². The predicted octanol–water partition coefficient (Wildman–Crippen LogP) is 2.87. The summed E-state index contributed by atoms with van der Waals surface area (Å²) in [6, 6.07) is 2.52. The molecule has 1 heteroatoms. The minimum absolute atomic E-state index is 0.167. The molecule has 0 N–H and O–H groups in total. The second-order valence-electron chi connectivity index (χ2n) is 4.10. The first-order chi connectivity index (χ1) is 5.37. The average molecular weight is 149 g/mol. The standard InChI is InChI=1S/C10H15N/c11-8-10(6-7-10)9-4-2-1-3-5-9/h9H,1-7H2.